The summed E-state index contributed by atoms with van der Waals surface area (Å²) in [6.45, 7) is 24.4. The normalized spacial score (nSPS) is 19.6. The van der Waals surface area contributed by atoms with Gasteiger partial charge in [0, 0.05) is 35.6 Å². The van der Waals surface area contributed by atoms with E-state index in [2.05, 4.69) is 84.3 Å². The molecule has 1 fully saturated rings. The first kappa shape index (κ1) is 33.8. The monoisotopic (exact) mass is 702 g/mol. The van der Waals surface area contributed by atoms with Crippen molar-refractivity contribution in [2.24, 2.45) is 5.41 Å². The maximum atomic E-state index is 13.5. The maximum Gasteiger partial charge on any atom is 0.200 e. The fourth-order valence-electron chi connectivity index (χ4n) is 7.89. The summed E-state index contributed by atoms with van der Waals surface area (Å²) in [7, 11) is -2.01. The summed E-state index contributed by atoms with van der Waals surface area (Å²) in [5, 5.41) is 4.51. The number of pyridine rings is 1. The molecule has 1 aliphatic carbocycles. The predicted octanol–water partition coefficient (Wildman–Crippen LogP) is 7.82. The van der Waals surface area contributed by atoms with Crippen LogP contribution < -0.4 is 9.62 Å². The minimum Gasteiger partial charge on any atom is -0.598 e. The van der Waals surface area contributed by atoms with Gasteiger partial charge in [-0.15, -0.1) is 4.72 Å². The van der Waals surface area contributed by atoms with Gasteiger partial charge in [-0.1, -0.05) is 47.6 Å². The van der Waals surface area contributed by atoms with Crippen LogP contribution in [0, 0.1) is 12.3 Å². The van der Waals surface area contributed by atoms with E-state index in [1.54, 1.807) is 0 Å². The number of hydrogen-bond acceptors (Lipinski definition) is 7. The molecule has 8 nitrogen and oxygen atoms in total. The first-order valence-corrected chi connectivity index (χ1v) is 20.2. The summed E-state index contributed by atoms with van der Waals surface area (Å²) in [4.78, 5) is 12.6. The van der Waals surface area contributed by atoms with Gasteiger partial charge in [-0.25, -0.2) is 9.50 Å². The number of anilines is 1. The van der Waals surface area contributed by atoms with Crippen LogP contribution in [0.2, 0.25) is 16.6 Å². The minimum absolute atomic E-state index is 0.0211. The Kier molecular flexibility index (Phi) is 9.69. The molecule has 2 atom stereocenters. The minimum atomic E-state index is -2.01. The van der Waals surface area contributed by atoms with E-state index in [0.29, 0.717) is 23.2 Å². The molecule has 242 valence electrons. The van der Waals surface area contributed by atoms with Gasteiger partial charge in [0.25, 0.3) is 0 Å². The lowest BCUT2D eigenvalue weighted by molar-refractivity contribution is 0.175. The Balaban J connectivity index is 1.42. The molecule has 1 N–H and O–H groups in total. The van der Waals surface area contributed by atoms with Crippen LogP contribution in [0.1, 0.15) is 104 Å². The van der Waals surface area contributed by atoms with Gasteiger partial charge >= 0.3 is 0 Å². The van der Waals surface area contributed by atoms with Gasteiger partial charge < -0.3 is 13.9 Å². The Bertz CT molecular complexity index is 1460. The van der Waals surface area contributed by atoms with Gasteiger partial charge in [-0.2, -0.15) is 5.10 Å². The highest BCUT2D eigenvalue weighted by Gasteiger charge is 2.52. The lowest BCUT2D eigenvalue weighted by Crippen LogP contribution is -2.50. The molecule has 0 aromatic carbocycles. The van der Waals surface area contributed by atoms with Gasteiger partial charge in [0.05, 0.1) is 30.2 Å². The summed E-state index contributed by atoms with van der Waals surface area (Å²) >= 11 is 2.45. The highest BCUT2D eigenvalue weighted by molar-refractivity contribution is 9.10. The molecule has 44 heavy (non-hydrogen) atoms. The van der Waals surface area contributed by atoms with Crippen LogP contribution in [0.3, 0.4) is 0 Å². The third-order valence-electron chi connectivity index (χ3n) is 10.2. The molecule has 0 bridgehead atoms. The first-order valence-electron chi connectivity index (χ1n) is 16.2. The van der Waals surface area contributed by atoms with Crippen molar-refractivity contribution in [3.05, 3.63) is 51.6 Å². The lowest BCUT2D eigenvalue weighted by atomic mass is 9.73. The summed E-state index contributed by atoms with van der Waals surface area (Å²) < 4.78 is 26.5. The third-order valence-corrected chi connectivity index (χ3v) is 18.7. The second-order valence-electron chi connectivity index (χ2n) is 14.8. The fourth-order valence-corrected chi connectivity index (χ4v) is 14.6. The summed E-state index contributed by atoms with van der Waals surface area (Å²) in [5.74, 6) is 0.974. The predicted molar refractivity (Wildman–Crippen MR) is 187 cm³/mol. The molecule has 3 aromatic heterocycles. The SMILES string of the molecule is Cc1nc(N2CCC3(CC2)Cc2nc(CO[Si](C(C)C)(C(C)C)C(C)C)ccc2[C@H]3N[S@+]([O-])C(C)(C)C)c2ccnn2c1Br. The Labute approximate surface area is 276 Å². The van der Waals surface area contributed by atoms with Gasteiger partial charge in [0.1, 0.15) is 14.9 Å². The molecule has 1 aliphatic heterocycles. The number of fused-ring (bicyclic) bond motifs is 2. The number of aromatic nitrogens is 4. The molecular weight excluding hydrogens is 652 g/mol. The van der Waals surface area contributed by atoms with Crippen molar-refractivity contribution in [3.8, 4) is 0 Å². The molecule has 11 heteroatoms. The standard InChI is InChI=1S/C33H51BrN6O2SSi/c1-21(2)44(22(3)4,23(5)6)42-20-25-11-12-26-27(37-25)19-33(29(26)38-43(41)32(8,9)10)14-17-39(18-15-33)31-28-13-16-35-40(28)30(34)24(7)36-31/h11-13,16,21-23,29,38H,14-15,17-20H2,1-10H3/t29-,43-/m1/s1. The number of hydrogen-bond donors (Lipinski definition) is 1. The van der Waals surface area contributed by atoms with Crippen molar-refractivity contribution in [2.75, 3.05) is 18.0 Å². The molecule has 0 amide bonds. The highest BCUT2D eigenvalue weighted by atomic mass is 79.9. The maximum absolute atomic E-state index is 13.5. The van der Waals surface area contributed by atoms with Crippen molar-refractivity contribution in [2.45, 2.75) is 123 Å². The van der Waals surface area contributed by atoms with E-state index in [9.17, 15) is 4.55 Å². The average Bonchev–Trinajstić information content (AvgIpc) is 3.54. The number of halogens is 1. The summed E-state index contributed by atoms with van der Waals surface area (Å²) in [5.41, 5.74) is 6.76. The first-order chi connectivity index (χ1) is 20.6. The zero-order valence-corrected chi connectivity index (χ0v) is 31.6. The van der Waals surface area contributed by atoms with Crippen LogP contribution in [-0.2, 0) is 28.8 Å². The number of piperidine rings is 1. The van der Waals surface area contributed by atoms with Gasteiger partial charge in [-0.05, 0) is 97.2 Å². The molecule has 0 radical (unpaired) electrons. The van der Waals surface area contributed by atoms with Gasteiger partial charge in [-0.3, -0.25) is 4.98 Å². The smallest absolute Gasteiger partial charge is 0.200 e. The van der Waals surface area contributed by atoms with Crippen LogP contribution in [0.5, 0.6) is 0 Å². The lowest BCUT2D eigenvalue weighted by Gasteiger charge is -2.44. The number of nitrogens with one attached hydrogen (secondary N) is 1. The van der Waals surface area contributed by atoms with Crippen LogP contribution >= 0.6 is 15.9 Å². The van der Waals surface area contributed by atoms with Crippen molar-refractivity contribution < 1.29 is 8.98 Å². The Hall–Kier alpha value is -1.50. The molecule has 4 heterocycles. The molecular formula is C33H51BrN6O2SSi. The van der Waals surface area contributed by atoms with Crippen LogP contribution in [0.15, 0.2) is 29.0 Å². The van der Waals surface area contributed by atoms with E-state index in [0.717, 1.165) is 65.4 Å². The second kappa shape index (κ2) is 12.6. The van der Waals surface area contributed by atoms with Crippen LogP contribution in [-0.4, -0.2) is 50.3 Å². The Morgan fingerprint density at radius 1 is 1.07 bits per heavy atom. The molecule has 0 saturated carbocycles. The molecule has 0 unspecified atom stereocenters. The number of rotatable bonds is 9. The Morgan fingerprint density at radius 2 is 1.70 bits per heavy atom. The van der Waals surface area contributed by atoms with Crippen LogP contribution in [0.25, 0.3) is 5.52 Å². The fraction of sp³-hybridized carbons (Fsp3) is 0.667. The van der Waals surface area contributed by atoms with E-state index >= 15 is 0 Å². The van der Waals surface area contributed by atoms with Crippen molar-refractivity contribution in [3.63, 3.8) is 0 Å². The zero-order chi connectivity index (χ0) is 32.2. The van der Waals surface area contributed by atoms with Gasteiger partial charge in [0.15, 0.2) is 5.82 Å². The number of nitrogens with zero attached hydrogens (tertiary/aromatic N) is 5. The quantitative estimate of drug-likeness (QED) is 0.180. The second-order valence-corrected chi connectivity index (χ2v) is 23.1. The van der Waals surface area contributed by atoms with Crippen molar-refractivity contribution in [1.29, 1.82) is 0 Å². The topological polar surface area (TPSA) is 90.6 Å². The number of aryl methyl sites for hydroxylation is 1. The molecule has 5 rings (SSSR count). The van der Waals surface area contributed by atoms with E-state index in [1.807, 2.05) is 44.5 Å². The van der Waals surface area contributed by atoms with E-state index in [1.165, 1.54) is 5.56 Å². The molecule has 2 aliphatic rings. The highest BCUT2D eigenvalue weighted by Crippen LogP contribution is 2.53. The zero-order valence-electron chi connectivity index (χ0n) is 28.2. The molecule has 3 aromatic rings. The summed E-state index contributed by atoms with van der Waals surface area (Å²) in [6.07, 6.45) is 4.61. The molecule has 1 spiro atoms. The van der Waals surface area contributed by atoms with E-state index in [4.69, 9.17) is 14.4 Å². The average molecular weight is 704 g/mol. The Morgan fingerprint density at radius 3 is 2.30 bits per heavy atom. The summed E-state index contributed by atoms with van der Waals surface area (Å²) in [6, 6.07) is 6.39. The van der Waals surface area contributed by atoms with Crippen molar-refractivity contribution in [1.82, 2.24) is 24.3 Å². The van der Waals surface area contributed by atoms with Gasteiger partial charge in [0.2, 0.25) is 8.32 Å². The largest absolute Gasteiger partial charge is 0.598 e. The van der Waals surface area contributed by atoms with Crippen LogP contribution in [0.4, 0.5) is 5.82 Å². The van der Waals surface area contributed by atoms with E-state index < -0.39 is 19.7 Å². The van der Waals surface area contributed by atoms with E-state index in [-0.39, 0.29) is 16.2 Å². The third kappa shape index (κ3) is 6.01. The van der Waals surface area contributed by atoms with Crippen molar-refractivity contribution >= 4 is 46.9 Å². The molecule has 1 saturated heterocycles.